The minimum absolute atomic E-state index is 0.137. The van der Waals surface area contributed by atoms with E-state index in [4.69, 9.17) is 8.94 Å². The van der Waals surface area contributed by atoms with Crippen molar-refractivity contribution in [2.45, 2.75) is 26.2 Å². The van der Waals surface area contributed by atoms with Crippen LogP contribution in [0, 0.1) is 5.82 Å². The number of hydrogen-bond donors (Lipinski definition) is 1. The van der Waals surface area contributed by atoms with E-state index in [0.29, 0.717) is 22.9 Å². The molecule has 7 heteroatoms. The van der Waals surface area contributed by atoms with Gasteiger partial charge >= 0.3 is 0 Å². The first-order chi connectivity index (χ1) is 14.6. The molecule has 30 heavy (non-hydrogen) atoms. The van der Waals surface area contributed by atoms with Crippen LogP contribution in [-0.4, -0.2) is 16.0 Å². The molecule has 4 aromatic rings. The van der Waals surface area contributed by atoms with Gasteiger partial charge in [0.15, 0.2) is 11.7 Å². The Kier molecular flexibility index (Phi) is 5.70. The van der Waals surface area contributed by atoms with Crippen LogP contribution in [0.2, 0.25) is 0 Å². The van der Waals surface area contributed by atoms with Gasteiger partial charge in [0.25, 0.3) is 0 Å². The Hall–Kier alpha value is -3.74. The number of halogens is 1. The number of amides is 1. The van der Waals surface area contributed by atoms with Crippen molar-refractivity contribution in [3.8, 4) is 22.6 Å². The number of rotatable bonds is 7. The van der Waals surface area contributed by atoms with Crippen molar-refractivity contribution in [1.29, 1.82) is 0 Å². The third kappa shape index (κ3) is 4.46. The Balaban J connectivity index is 1.33. The number of benzene rings is 2. The molecule has 0 bridgehead atoms. The van der Waals surface area contributed by atoms with Crippen LogP contribution in [-0.2, 0) is 17.6 Å². The highest BCUT2D eigenvalue weighted by Gasteiger charge is 2.13. The maximum atomic E-state index is 13.8. The van der Waals surface area contributed by atoms with Gasteiger partial charge in [-0.25, -0.2) is 9.37 Å². The Morgan fingerprint density at radius 2 is 1.93 bits per heavy atom. The maximum Gasteiger partial charge on any atom is 0.231 e. The molecule has 0 radical (unpaired) electrons. The third-order valence-corrected chi connectivity index (χ3v) is 4.69. The van der Waals surface area contributed by atoms with Crippen molar-refractivity contribution in [2.75, 3.05) is 5.32 Å². The van der Waals surface area contributed by atoms with Crippen molar-refractivity contribution >= 4 is 11.8 Å². The monoisotopic (exact) mass is 405 g/mol. The summed E-state index contributed by atoms with van der Waals surface area (Å²) in [7, 11) is 0. The highest BCUT2D eigenvalue weighted by molar-refractivity contribution is 5.89. The summed E-state index contributed by atoms with van der Waals surface area (Å²) in [5.41, 5.74) is 3.13. The second-order valence-corrected chi connectivity index (χ2v) is 6.77. The third-order valence-electron chi connectivity index (χ3n) is 4.69. The zero-order chi connectivity index (χ0) is 20.9. The zero-order valence-corrected chi connectivity index (χ0v) is 16.4. The molecule has 0 aliphatic carbocycles. The smallest absolute Gasteiger partial charge is 0.231 e. The second-order valence-electron chi connectivity index (χ2n) is 6.77. The van der Waals surface area contributed by atoms with Crippen molar-refractivity contribution in [1.82, 2.24) is 10.1 Å². The molecule has 2 aromatic carbocycles. The fourth-order valence-electron chi connectivity index (χ4n) is 3.01. The number of nitrogens with zero attached hydrogens (tertiary/aromatic N) is 2. The van der Waals surface area contributed by atoms with Crippen LogP contribution in [0.3, 0.4) is 0 Å². The Morgan fingerprint density at radius 3 is 2.70 bits per heavy atom. The molecule has 1 amide bonds. The van der Waals surface area contributed by atoms with Gasteiger partial charge in [-0.3, -0.25) is 10.1 Å². The van der Waals surface area contributed by atoms with Gasteiger partial charge in [-0.15, -0.1) is 0 Å². The van der Waals surface area contributed by atoms with Crippen LogP contribution in [0.1, 0.15) is 24.8 Å². The molecule has 4 rings (SSSR count). The van der Waals surface area contributed by atoms with E-state index in [0.717, 1.165) is 12.0 Å². The summed E-state index contributed by atoms with van der Waals surface area (Å²) in [5.74, 6) is 0.317. The number of aryl methyl sites for hydroxylation is 2. The maximum absolute atomic E-state index is 13.8. The highest BCUT2D eigenvalue weighted by atomic mass is 19.1. The molecule has 0 saturated heterocycles. The number of hydrogen-bond acceptors (Lipinski definition) is 5. The van der Waals surface area contributed by atoms with Crippen molar-refractivity contribution < 1.29 is 18.1 Å². The summed E-state index contributed by atoms with van der Waals surface area (Å²) >= 11 is 0. The summed E-state index contributed by atoms with van der Waals surface area (Å²) in [6.07, 6.45) is 2.84. The first kappa shape index (κ1) is 19.6. The Labute approximate surface area is 172 Å². The molecule has 0 saturated carbocycles. The van der Waals surface area contributed by atoms with Crippen LogP contribution in [0.5, 0.6) is 0 Å². The fraction of sp³-hybridized carbons (Fsp3) is 0.174. The van der Waals surface area contributed by atoms with Gasteiger partial charge in [0.05, 0.1) is 11.8 Å². The lowest BCUT2D eigenvalue weighted by Gasteiger charge is -2.00. The number of carbonyl (C=O) groups excluding carboxylic acids is 1. The molecule has 0 spiro atoms. The summed E-state index contributed by atoms with van der Waals surface area (Å²) in [4.78, 5) is 16.3. The van der Waals surface area contributed by atoms with E-state index < -0.39 is 0 Å². The van der Waals surface area contributed by atoms with E-state index in [-0.39, 0.29) is 30.5 Å². The van der Waals surface area contributed by atoms with Crippen LogP contribution < -0.4 is 5.32 Å². The van der Waals surface area contributed by atoms with Crippen molar-refractivity contribution in [3.05, 3.63) is 78.1 Å². The quantitative estimate of drug-likeness (QED) is 0.453. The molecule has 0 fully saturated rings. The van der Waals surface area contributed by atoms with Crippen molar-refractivity contribution in [3.63, 3.8) is 0 Å². The number of aromatic nitrogens is 2. The lowest BCUT2D eigenvalue weighted by Crippen LogP contribution is -2.11. The van der Waals surface area contributed by atoms with Crippen molar-refractivity contribution in [2.24, 2.45) is 0 Å². The number of oxazole rings is 1. The predicted molar refractivity (Wildman–Crippen MR) is 110 cm³/mol. The molecule has 1 N–H and O–H groups in total. The predicted octanol–water partition coefficient (Wildman–Crippen LogP) is 5.27. The van der Waals surface area contributed by atoms with E-state index >= 15 is 0 Å². The average Bonchev–Trinajstić information content (AvgIpc) is 3.42. The standard InChI is InChI=1S/C23H20FN3O3/c1-2-15-7-9-16(10-8-15)19-13-23(30-27-19)26-21(28)11-12-22-25-14-20(29-22)17-5-3-4-6-18(17)24/h3-10,13-14H,2,11-12H2,1H3,(H,26,28). The molecular weight excluding hydrogens is 385 g/mol. The number of anilines is 1. The summed E-state index contributed by atoms with van der Waals surface area (Å²) in [6.45, 7) is 2.09. The molecular formula is C23H20FN3O3. The summed E-state index contributed by atoms with van der Waals surface area (Å²) < 4.78 is 24.6. The largest absolute Gasteiger partial charge is 0.441 e. The molecule has 2 heterocycles. The number of nitrogens with one attached hydrogen (secondary N) is 1. The van der Waals surface area contributed by atoms with Gasteiger partial charge in [0, 0.05) is 24.5 Å². The van der Waals surface area contributed by atoms with Gasteiger partial charge in [-0.2, -0.15) is 0 Å². The minimum Gasteiger partial charge on any atom is -0.441 e. The van der Waals surface area contributed by atoms with E-state index in [1.165, 1.54) is 17.8 Å². The minimum atomic E-state index is -0.386. The lowest BCUT2D eigenvalue weighted by atomic mass is 10.1. The van der Waals surface area contributed by atoms with E-state index in [2.05, 4.69) is 22.4 Å². The van der Waals surface area contributed by atoms with E-state index in [9.17, 15) is 9.18 Å². The average molecular weight is 405 g/mol. The highest BCUT2D eigenvalue weighted by Crippen LogP contribution is 2.24. The SMILES string of the molecule is CCc1ccc(-c2cc(NC(=O)CCc3ncc(-c4ccccc4F)o3)on2)cc1. The van der Waals surface area contributed by atoms with E-state index in [1.54, 1.807) is 24.3 Å². The molecule has 0 atom stereocenters. The number of carbonyl (C=O) groups is 1. The first-order valence-electron chi connectivity index (χ1n) is 9.68. The van der Waals surface area contributed by atoms with Crippen LogP contribution in [0.15, 0.2) is 69.7 Å². The van der Waals surface area contributed by atoms with Crippen LogP contribution in [0.25, 0.3) is 22.6 Å². The zero-order valence-electron chi connectivity index (χ0n) is 16.4. The topological polar surface area (TPSA) is 81.2 Å². The Bertz CT molecular complexity index is 1150. The summed E-state index contributed by atoms with van der Waals surface area (Å²) in [6, 6.07) is 16.0. The summed E-state index contributed by atoms with van der Waals surface area (Å²) in [5, 5.41) is 6.68. The van der Waals surface area contributed by atoms with E-state index in [1.807, 2.05) is 24.3 Å². The Morgan fingerprint density at radius 1 is 1.13 bits per heavy atom. The molecule has 152 valence electrons. The molecule has 6 nitrogen and oxygen atoms in total. The van der Waals surface area contributed by atoms with Gasteiger partial charge in [-0.1, -0.05) is 48.5 Å². The second kappa shape index (κ2) is 8.73. The van der Waals surface area contributed by atoms with Gasteiger partial charge in [-0.05, 0) is 24.1 Å². The lowest BCUT2D eigenvalue weighted by molar-refractivity contribution is -0.116. The molecule has 0 aliphatic rings. The fourth-order valence-corrected chi connectivity index (χ4v) is 3.01. The van der Waals surface area contributed by atoms with Crippen LogP contribution >= 0.6 is 0 Å². The normalized spacial score (nSPS) is 10.9. The first-order valence-corrected chi connectivity index (χ1v) is 9.68. The van der Waals surface area contributed by atoms with Gasteiger partial charge in [0.2, 0.25) is 11.8 Å². The van der Waals surface area contributed by atoms with Crippen LogP contribution in [0.4, 0.5) is 10.3 Å². The molecule has 2 aromatic heterocycles. The molecule has 0 aliphatic heterocycles. The van der Waals surface area contributed by atoms with Gasteiger partial charge in [0.1, 0.15) is 11.5 Å². The molecule has 0 unspecified atom stereocenters. The van der Waals surface area contributed by atoms with Gasteiger partial charge < -0.3 is 8.94 Å².